The number of nitrogens with one attached hydrogen (secondary N) is 6. The molecule has 2 aliphatic heterocycles. The Hall–Kier alpha value is -7.08. The van der Waals surface area contributed by atoms with Gasteiger partial charge in [-0.2, -0.15) is 0 Å². The van der Waals surface area contributed by atoms with Crippen LogP contribution in [0.2, 0.25) is 0 Å². The Bertz CT molecular complexity index is 1810. The summed E-state index contributed by atoms with van der Waals surface area (Å²) in [5.74, 6) is -2.11. The van der Waals surface area contributed by atoms with E-state index in [0.29, 0.717) is 34.0 Å². The summed E-state index contributed by atoms with van der Waals surface area (Å²) in [6.07, 6.45) is 0.447. The van der Waals surface area contributed by atoms with Crippen LogP contribution in [0.25, 0.3) is 0 Å². The fourth-order valence-corrected chi connectivity index (χ4v) is 5.92. The average Bonchev–Trinajstić information content (AvgIpc) is 3.82. The van der Waals surface area contributed by atoms with Crippen molar-refractivity contribution >= 4 is 46.9 Å². The van der Waals surface area contributed by atoms with E-state index in [1.807, 2.05) is 0 Å². The van der Waals surface area contributed by atoms with Crippen LogP contribution in [0.5, 0.6) is 11.5 Å². The van der Waals surface area contributed by atoms with E-state index in [0.717, 1.165) is 12.2 Å². The maximum absolute atomic E-state index is 13.0. The maximum Gasteiger partial charge on any atom is 0.331 e. The van der Waals surface area contributed by atoms with Crippen LogP contribution in [-0.2, 0) is 60.8 Å². The molecule has 0 aliphatic carbocycles. The molecule has 336 valence electrons. The average molecular weight is 873 g/mol. The van der Waals surface area contributed by atoms with Gasteiger partial charge in [-0.05, 0) is 37.1 Å². The fraction of sp³-hybridized carbons (Fsp3) is 0.474. The highest BCUT2D eigenvalue weighted by Gasteiger charge is 2.24. The minimum atomic E-state index is -0.936. The van der Waals surface area contributed by atoms with E-state index >= 15 is 0 Å². The molecule has 2 unspecified atom stereocenters. The molecule has 0 saturated carbocycles. The summed E-state index contributed by atoms with van der Waals surface area (Å²) < 4.78 is 23.1. The van der Waals surface area contributed by atoms with Gasteiger partial charge < -0.3 is 60.5 Å². The number of carbonyl (C=O) groups excluding carboxylic acids is 6. The number of hydrogen-bond acceptors (Lipinski definition) is 18. The Kier molecular flexibility index (Phi) is 19.6. The smallest absolute Gasteiger partial charge is 0.331 e. The highest BCUT2D eigenvalue weighted by molar-refractivity contribution is 6.00. The summed E-state index contributed by atoms with van der Waals surface area (Å²) in [5.41, 5.74) is 2.48. The molecule has 4 rings (SSSR count). The van der Waals surface area contributed by atoms with Crippen molar-refractivity contribution in [3.05, 3.63) is 79.9 Å². The molecule has 0 aromatic heterocycles. The van der Waals surface area contributed by atoms with E-state index in [1.165, 1.54) is 0 Å². The molecule has 24 nitrogen and oxygen atoms in total. The number of hydrogen-bond donors (Lipinski definition) is 6. The fourth-order valence-electron chi connectivity index (χ4n) is 5.92. The molecule has 2 aromatic rings. The van der Waals surface area contributed by atoms with Crippen LogP contribution in [-0.4, -0.2) is 124 Å². The van der Waals surface area contributed by atoms with Crippen LogP contribution in [0, 0.1) is 20.2 Å². The number of esters is 2. The number of anilines is 2. The van der Waals surface area contributed by atoms with Crippen molar-refractivity contribution in [3.8, 4) is 11.5 Å². The van der Waals surface area contributed by atoms with Gasteiger partial charge in [0.15, 0.2) is 0 Å². The van der Waals surface area contributed by atoms with Gasteiger partial charge in [0.2, 0.25) is 23.6 Å². The lowest BCUT2D eigenvalue weighted by molar-refractivity contribution is -0.757. The van der Waals surface area contributed by atoms with Gasteiger partial charge in [-0.3, -0.25) is 19.2 Å². The molecule has 2 heterocycles. The minimum absolute atomic E-state index is 0.0167. The van der Waals surface area contributed by atoms with Crippen LogP contribution in [0.15, 0.2) is 48.6 Å². The van der Waals surface area contributed by atoms with E-state index in [9.17, 15) is 49.0 Å². The summed E-state index contributed by atoms with van der Waals surface area (Å²) in [4.78, 5) is 103. The van der Waals surface area contributed by atoms with Gasteiger partial charge in [0.05, 0.1) is 26.1 Å². The van der Waals surface area contributed by atoms with Crippen molar-refractivity contribution in [3.63, 3.8) is 0 Å². The Balaban J connectivity index is 1.30. The predicted octanol–water partition coefficient (Wildman–Crippen LogP) is -0.0980. The van der Waals surface area contributed by atoms with Crippen molar-refractivity contribution in [2.24, 2.45) is 0 Å². The van der Waals surface area contributed by atoms with Gasteiger partial charge >= 0.3 is 11.9 Å². The second kappa shape index (κ2) is 25.5. The quantitative estimate of drug-likeness (QED) is 0.0196. The SMILES string of the molecule is O=C(CCCO[N+](=O)[O-])NCCNCC(COc1cccc2c1CC(=O)N2)OC(=O)/C=C/C(=O)OC(CNCCNC(=O)CCCO[N+](=O)[O-])COc1cccc2c1CC(=O)N2. The Morgan fingerprint density at radius 1 is 0.661 bits per heavy atom. The number of carbonyl (C=O) groups is 6. The van der Waals surface area contributed by atoms with E-state index < -0.39 is 34.3 Å². The van der Waals surface area contributed by atoms with Crippen LogP contribution >= 0.6 is 0 Å². The first-order valence-electron chi connectivity index (χ1n) is 19.5. The Morgan fingerprint density at radius 3 is 1.48 bits per heavy atom. The highest BCUT2D eigenvalue weighted by Crippen LogP contribution is 2.32. The lowest BCUT2D eigenvalue weighted by atomic mass is 10.1. The summed E-state index contributed by atoms with van der Waals surface area (Å²) in [6, 6.07) is 10.2. The largest absolute Gasteiger partial charge is 0.489 e. The van der Waals surface area contributed by atoms with Crippen molar-refractivity contribution in [2.45, 2.75) is 50.7 Å². The van der Waals surface area contributed by atoms with E-state index in [2.05, 4.69) is 41.6 Å². The topological polar surface area (TPSA) is 316 Å². The predicted molar refractivity (Wildman–Crippen MR) is 214 cm³/mol. The summed E-state index contributed by atoms with van der Waals surface area (Å²) in [7, 11) is 0. The molecule has 2 atom stereocenters. The van der Waals surface area contributed by atoms with Crippen LogP contribution in [0.3, 0.4) is 0 Å². The lowest BCUT2D eigenvalue weighted by Gasteiger charge is -2.20. The first kappa shape index (κ1) is 47.6. The first-order chi connectivity index (χ1) is 29.9. The normalized spacial score (nSPS) is 13.4. The third-order valence-corrected chi connectivity index (χ3v) is 8.74. The Morgan fingerprint density at radius 2 is 1.08 bits per heavy atom. The Labute approximate surface area is 353 Å². The van der Waals surface area contributed by atoms with E-state index in [4.69, 9.17) is 18.9 Å². The monoisotopic (exact) mass is 872 g/mol. The number of rotatable bonds is 30. The summed E-state index contributed by atoms with van der Waals surface area (Å²) in [5, 5.41) is 35.5. The van der Waals surface area contributed by atoms with Gasteiger partial charge in [-0.1, -0.05) is 12.1 Å². The minimum Gasteiger partial charge on any atom is -0.489 e. The molecular weight excluding hydrogens is 824 g/mol. The first-order valence-corrected chi connectivity index (χ1v) is 19.5. The zero-order valence-electron chi connectivity index (χ0n) is 33.5. The van der Waals surface area contributed by atoms with Crippen LogP contribution in [0.1, 0.15) is 36.8 Å². The molecule has 24 heteroatoms. The lowest BCUT2D eigenvalue weighted by Crippen LogP contribution is -2.39. The van der Waals surface area contributed by atoms with Gasteiger partial charge in [-0.15, -0.1) is 20.2 Å². The summed E-state index contributed by atoms with van der Waals surface area (Å²) in [6.45, 7) is 0.221. The van der Waals surface area contributed by atoms with Crippen molar-refractivity contribution in [1.82, 2.24) is 21.3 Å². The van der Waals surface area contributed by atoms with Crippen molar-refractivity contribution in [1.29, 1.82) is 0 Å². The van der Waals surface area contributed by atoms with Gasteiger partial charge in [0, 0.05) is 86.8 Å². The zero-order chi connectivity index (χ0) is 44.7. The van der Waals surface area contributed by atoms with Crippen LogP contribution in [0.4, 0.5) is 11.4 Å². The molecular formula is C38H48N8O16. The standard InChI is InChI=1S/C38H48N8O16/c47-33(9-3-17-59-45(53)54)41-15-13-39-21-25(23-57-31-7-1-5-29-27(31)19-35(49)43-29)61-37(51)11-12-38(52)62-26(22-40-14-16-42-34(48)10-4-18-60-46(55)56)24-58-32-8-2-6-30-28(32)20-36(50)44-30/h1-2,5-8,11-12,25-26,39-40H,3-4,9-10,13-24H2,(H,41,47)(H,42,48)(H,43,49)(H,44,50)/b12-11+. The number of fused-ring (bicyclic) bond motifs is 2. The van der Waals surface area contributed by atoms with Crippen molar-refractivity contribution < 1.29 is 67.6 Å². The molecule has 2 aliphatic rings. The number of benzene rings is 2. The van der Waals surface area contributed by atoms with Gasteiger partial charge in [0.25, 0.3) is 10.2 Å². The van der Waals surface area contributed by atoms with Gasteiger partial charge in [0.1, 0.15) is 36.9 Å². The second-order valence-corrected chi connectivity index (χ2v) is 13.5. The van der Waals surface area contributed by atoms with Gasteiger partial charge in [-0.25, -0.2) is 9.59 Å². The molecule has 62 heavy (non-hydrogen) atoms. The van der Waals surface area contributed by atoms with E-state index in [-0.39, 0.29) is 128 Å². The third kappa shape index (κ3) is 17.6. The number of ether oxygens (including phenoxy) is 4. The molecule has 0 spiro atoms. The molecule has 2 aromatic carbocycles. The molecule has 4 amide bonds. The molecule has 0 radical (unpaired) electrons. The second-order valence-electron chi connectivity index (χ2n) is 13.5. The van der Waals surface area contributed by atoms with Crippen LogP contribution < -0.4 is 41.4 Å². The molecule has 0 bridgehead atoms. The molecule has 0 fully saturated rings. The molecule has 0 saturated heterocycles. The zero-order valence-corrected chi connectivity index (χ0v) is 33.5. The van der Waals surface area contributed by atoms with Crippen molar-refractivity contribution in [2.75, 3.05) is 76.3 Å². The highest BCUT2D eigenvalue weighted by atomic mass is 17.0. The summed E-state index contributed by atoms with van der Waals surface area (Å²) >= 11 is 0. The van der Waals surface area contributed by atoms with E-state index in [1.54, 1.807) is 36.4 Å². The molecule has 6 N–H and O–H groups in total. The number of nitrogens with zero attached hydrogens (tertiary/aromatic N) is 2. The number of amides is 4. The third-order valence-electron chi connectivity index (χ3n) is 8.74. The maximum atomic E-state index is 13.0.